The molecule has 0 aliphatic rings. The molecule has 0 saturated carbocycles. The molecule has 9 nitrogen and oxygen atoms in total. The van der Waals surface area contributed by atoms with Gasteiger partial charge in [-0.1, -0.05) is 12.1 Å². The molecule has 0 unspecified atom stereocenters. The number of hydrogen-bond acceptors (Lipinski definition) is 7. The molecule has 0 aliphatic heterocycles. The predicted octanol–water partition coefficient (Wildman–Crippen LogP) is 4.03. The van der Waals surface area contributed by atoms with Gasteiger partial charge in [-0.3, -0.25) is 9.55 Å². The molecule has 0 spiro atoms. The molecule has 9 heteroatoms. The van der Waals surface area contributed by atoms with E-state index in [2.05, 4.69) is 54.0 Å². The molecule has 0 amide bonds. The van der Waals surface area contributed by atoms with Crippen LogP contribution >= 0.6 is 0 Å². The quantitative estimate of drug-likeness (QED) is 0.395. The Bertz CT molecular complexity index is 1270. The van der Waals surface area contributed by atoms with Crippen molar-refractivity contribution in [2.45, 2.75) is 26.4 Å². The minimum atomic E-state index is 0.164. The lowest BCUT2D eigenvalue weighted by Crippen LogP contribution is -2.07. The molecular weight excluding hydrogens is 378 g/mol. The number of H-pyrrole nitrogens is 1. The normalized spacial score (nSPS) is 11.4. The molecule has 1 aromatic carbocycles. The minimum Gasteiger partial charge on any atom is -0.361 e. The van der Waals surface area contributed by atoms with Gasteiger partial charge in [0.15, 0.2) is 17.0 Å². The number of nitrogens with one attached hydrogen (secondary N) is 3. The smallest absolute Gasteiger partial charge is 0.210 e. The fourth-order valence-electron chi connectivity index (χ4n) is 3.44. The Kier molecular flexibility index (Phi) is 4.47. The first-order valence-corrected chi connectivity index (χ1v) is 9.76. The summed E-state index contributed by atoms with van der Waals surface area (Å²) in [6.45, 7) is 4.70. The topological polar surface area (TPSA) is 109 Å². The summed E-state index contributed by atoms with van der Waals surface area (Å²) in [5, 5.41) is 6.71. The molecule has 0 saturated heterocycles. The number of rotatable bonds is 6. The van der Waals surface area contributed by atoms with Crippen LogP contribution in [-0.4, -0.2) is 34.5 Å². The molecule has 3 N–H and O–H groups in total. The van der Waals surface area contributed by atoms with Crippen LogP contribution in [0.15, 0.2) is 55.1 Å². The summed E-state index contributed by atoms with van der Waals surface area (Å²) >= 11 is 0. The number of pyridine rings is 1. The standard InChI is InChI=1S/C21H21N9/c1-13(2)30-20-18(29-21(30)26-14-7-9-22-10-8-14)19(24-12-25-20)23-11-17-27-15-5-3-4-6-16(15)28-17/h3-10,12-13H,11H2,1-2H3,(H,27,28)(H,22,26,29)(H,23,24,25). The van der Waals surface area contributed by atoms with Crippen molar-refractivity contribution in [3.8, 4) is 0 Å². The van der Waals surface area contributed by atoms with Crippen LogP contribution in [0.2, 0.25) is 0 Å². The second kappa shape index (κ2) is 7.43. The van der Waals surface area contributed by atoms with E-state index < -0.39 is 0 Å². The van der Waals surface area contributed by atoms with Crippen molar-refractivity contribution in [3.05, 3.63) is 60.9 Å². The minimum absolute atomic E-state index is 0.164. The van der Waals surface area contributed by atoms with Crippen molar-refractivity contribution in [2.24, 2.45) is 0 Å². The molecule has 4 heterocycles. The number of fused-ring (bicyclic) bond motifs is 2. The van der Waals surface area contributed by atoms with Gasteiger partial charge in [0.2, 0.25) is 5.95 Å². The first-order valence-electron chi connectivity index (χ1n) is 9.76. The van der Waals surface area contributed by atoms with E-state index in [0.29, 0.717) is 23.8 Å². The van der Waals surface area contributed by atoms with Gasteiger partial charge in [0.05, 0.1) is 17.6 Å². The number of para-hydroxylation sites is 2. The SMILES string of the molecule is CC(C)n1c(Nc2ccncc2)nc2c(NCc3nc4ccccc4[nH]3)ncnc21. The second-order valence-corrected chi connectivity index (χ2v) is 7.21. The molecule has 0 aliphatic carbocycles. The zero-order valence-electron chi connectivity index (χ0n) is 16.7. The number of benzene rings is 1. The van der Waals surface area contributed by atoms with Crippen molar-refractivity contribution in [1.29, 1.82) is 0 Å². The molecular formula is C21H21N9. The van der Waals surface area contributed by atoms with E-state index in [4.69, 9.17) is 4.98 Å². The maximum atomic E-state index is 4.80. The number of anilines is 3. The highest BCUT2D eigenvalue weighted by Crippen LogP contribution is 2.28. The number of imidazole rings is 2. The monoisotopic (exact) mass is 399 g/mol. The molecule has 0 atom stereocenters. The summed E-state index contributed by atoms with van der Waals surface area (Å²) in [4.78, 5) is 25.7. The van der Waals surface area contributed by atoms with E-state index in [0.717, 1.165) is 28.2 Å². The van der Waals surface area contributed by atoms with Gasteiger partial charge < -0.3 is 15.6 Å². The molecule has 150 valence electrons. The van der Waals surface area contributed by atoms with E-state index >= 15 is 0 Å². The molecule has 0 bridgehead atoms. The zero-order chi connectivity index (χ0) is 20.5. The molecule has 5 aromatic rings. The summed E-state index contributed by atoms with van der Waals surface area (Å²) in [6, 6.07) is 11.9. The Morgan fingerprint density at radius 3 is 2.67 bits per heavy atom. The second-order valence-electron chi connectivity index (χ2n) is 7.21. The van der Waals surface area contributed by atoms with Crippen LogP contribution in [0.5, 0.6) is 0 Å². The van der Waals surface area contributed by atoms with Gasteiger partial charge in [-0.05, 0) is 38.1 Å². The largest absolute Gasteiger partial charge is 0.361 e. The van der Waals surface area contributed by atoms with E-state index in [1.54, 1.807) is 18.7 Å². The third-order valence-electron chi connectivity index (χ3n) is 4.79. The van der Waals surface area contributed by atoms with Crippen LogP contribution in [0.3, 0.4) is 0 Å². The Balaban J connectivity index is 1.48. The van der Waals surface area contributed by atoms with Crippen LogP contribution in [0.4, 0.5) is 17.5 Å². The van der Waals surface area contributed by atoms with Crippen molar-refractivity contribution in [2.75, 3.05) is 10.6 Å². The van der Waals surface area contributed by atoms with Crippen molar-refractivity contribution >= 4 is 39.7 Å². The van der Waals surface area contributed by atoms with Crippen molar-refractivity contribution in [3.63, 3.8) is 0 Å². The molecule has 4 aromatic heterocycles. The van der Waals surface area contributed by atoms with Gasteiger partial charge in [-0.2, -0.15) is 0 Å². The van der Waals surface area contributed by atoms with Gasteiger partial charge in [0.1, 0.15) is 12.2 Å². The van der Waals surface area contributed by atoms with E-state index in [1.807, 2.05) is 36.4 Å². The fraction of sp³-hybridized carbons (Fsp3) is 0.190. The lowest BCUT2D eigenvalue weighted by Gasteiger charge is -2.13. The van der Waals surface area contributed by atoms with Crippen LogP contribution in [0, 0.1) is 0 Å². The van der Waals surface area contributed by atoms with E-state index in [1.165, 1.54) is 0 Å². The average Bonchev–Trinajstić information content (AvgIpc) is 3.33. The summed E-state index contributed by atoms with van der Waals surface area (Å²) < 4.78 is 2.06. The highest BCUT2D eigenvalue weighted by atomic mass is 15.3. The van der Waals surface area contributed by atoms with Crippen LogP contribution < -0.4 is 10.6 Å². The van der Waals surface area contributed by atoms with E-state index in [-0.39, 0.29) is 6.04 Å². The van der Waals surface area contributed by atoms with Gasteiger partial charge in [0.25, 0.3) is 0 Å². The lowest BCUT2D eigenvalue weighted by atomic mass is 10.3. The van der Waals surface area contributed by atoms with Crippen LogP contribution in [0.25, 0.3) is 22.2 Å². The highest BCUT2D eigenvalue weighted by Gasteiger charge is 2.18. The summed E-state index contributed by atoms with van der Waals surface area (Å²) in [7, 11) is 0. The van der Waals surface area contributed by atoms with Gasteiger partial charge in [0, 0.05) is 24.1 Å². The van der Waals surface area contributed by atoms with Crippen molar-refractivity contribution < 1.29 is 0 Å². The zero-order valence-corrected chi connectivity index (χ0v) is 16.7. The predicted molar refractivity (Wildman–Crippen MR) is 117 cm³/mol. The first-order chi connectivity index (χ1) is 14.7. The molecule has 0 fully saturated rings. The summed E-state index contributed by atoms with van der Waals surface area (Å²) in [5.74, 6) is 2.21. The Morgan fingerprint density at radius 2 is 1.87 bits per heavy atom. The molecule has 5 rings (SSSR count). The first kappa shape index (κ1) is 18.0. The van der Waals surface area contributed by atoms with Crippen LogP contribution in [-0.2, 0) is 6.54 Å². The Hall–Kier alpha value is -4.01. The van der Waals surface area contributed by atoms with Crippen LogP contribution in [0.1, 0.15) is 25.7 Å². The number of aromatic amines is 1. The number of nitrogens with zero attached hydrogens (tertiary/aromatic N) is 6. The number of hydrogen-bond donors (Lipinski definition) is 3. The van der Waals surface area contributed by atoms with Gasteiger partial charge >= 0.3 is 0 Å². The highest BCUT2D eigenvalue weighted by molar-refractivity contribution is 5.86. The number of aromatic nitrogens is 7. The van der Waals surface area contributed by atoms with Gasteiger partial charge in [-0.15, -0.1) is 0 Å². The average molecular weight is 399 g/mol. The third-order valence-corrected chi connectivity index (χ3v) is 4.79. The Morgan fingerprint density at radius 1 is 1.03 bits per heavy atom. The molecule has 0 radical (unpaired) electrons. The third kappa shape index (κ3) is 3.30. The lowest BCUT2D eigenvalue weighted by molar-refractivity contribution is 0.620. The molecule has 30 heavy (non-hydrogen) atoms. The maximum absolute atomic E-state index is 4.80. The Labute approximate surface area is 172 Å². The summed E-state index contributed by atoms with van der Waals surface area (Å²) in [6.07, 6.45) is 5.04. The van der Waals surface area contributed by atoms with Crippen molar-refractivity contribution in [1.82, 2.24) is 34.5 Å². The van der Waals surface area contributed by atoms with Gasteiger partial charge in [-0.25, -0.2) is 19.9 Å². The maximum Gasteiger partial charge on any atom is 0.210 e. The summed E-state index contributed by atoms with van der Waals surface area (Å²) in [5.41, 5.74) is 4.33. The fourth-order valence-corrected chi connectivity index (χ4v) is 3.44. The van der Waals surface area contributed by atoms with E-state index in [9.17, 15) is 0 Å².